The fourth-order valence-corrected chi connectivity index (χ4v) is 4.74. The van der Waals surface area contributed by atoms with Crippen LogP contribution < -0.4 is 22.9 Å². The number of nitrogens with zero attached hydrogens (tertiary/aromatic N) is 2. The van der Waals surface area contributed by atoms with E-state index in [-0.39, 0.29) is 24.0 Å². The van der Waals surface area contributed by atoms with Crippen LogP contribution in [0.4, 0.5) is 0 Å². The first-order valence-corrected chi connectivity index (χ1v) is 11.6. The summed E-state index contributed by atoms with van der Waals surface area (Å²) in [6.45, 7) is 5.67. The van der Waals surface area contributed by atoms with E-state index >= 15 is 0 Å². The van der Waals surface area contributed by atoms with Crippen LogP contribution >= 0.6 is 0 Å². The van der Waals surface area contributed by atoms with E-state index in [2.05, 4.69) is 43.3 Å². The van der Waals surface area contributed by atoms with Crippen molar-refractivity contribution < 1.29 is 17.3 Å². The highest BCUT2D eigenvalue weighted by atomic mass is 35.5. The van der Waals surface area contributed by atoms with Gasteiger partial charge in [-0.25, -0.2) is 4.68 Å². The first-order valence-electron chi connectivity index (χ1n) is 11.6. The number of halogens is 1. The Labute approximate surface area is 191 Å². The zero-order valence-corrected chi connectivity index (χ0v) is 19.3. The smallest absolute Gasteiger partial charge is 0.274 e. The zero-order valence-electron chi connectivity index (χ0n) is 18.5. The van der Waals surface area contributed by atoms with E-state index in [1.54, 1.807) is 4.90 Å². The Kier molecular flexibility index (Phi) is 8.68. The molecule has 1 fully saturated rings. The molecule has 4 rings (SSSR count). The average molecular weight is 440 g/mol. The fraction of sp³-hybridized carbons (Fsp3) is 0.462. The normalized spacial score (nSPS) is 19.0. The predicted octanol–water partition coefficient (Wildman–Crippen LogP) is 0.596. The summed E-state index contributed by atoms with van der Waals surface area (Å²) in [5, 5.41) is 6.78. The Morgan fingerprint density at radius 2 is 1.71 bits per heavy atom. The first-order chi connectivity index (χ1) is 14.8. The van der Waals surface area contributed by atoms with Crippen molar-refractivity contribution in [2.24, 2.45) is 0 Å². The summed E-state index contributed by atoms with van der Waals surface area (Å²) < 4.78 is 1.84. The summed E-state index contributed by atoms with van der Waals surface area (Å²) in [6.07, 6.45) is 7.54. The SMILES string of the molecule is CCCCc1nn(C2CCC[NH+](CCc3ccccc3)CC2)c(=O)c2ccccc12.[Cl-]. The van der Waals surface area contributed by atoms with Crippen LogP contribution in [0.1, 0.15) is 56.3 Å². The molecular weight excluding hydrogens is 406 g/mol. The van der Waals surface area contributed by atoms with Crippen molar-refractivity contribution in [1.29, 1.82) is 0 Å². The topological polar surface area (TPSA) is 39.3 Å². The summed E-state index contributed by atoms with van der Waals surface area (Å²) in [5.74, 6) is 0. The van der Waals surface area contributed by atoms with Crippen molar-refractivity contribution >= 4 is 10.8 Å². The molecule has 166 valence electrons. The van der Waals surface area contributed by atoms with Crippen molar-refractivity contribution in [3.8, 4) is 0 Å². The van der Waals surface area contributed by atoms with Gasteiger partial charge in [0.1, 0.15) is 0 Å². The molecule has 4 nitrogen and oxygen atoms in total. The maximum absolute atomic E-state index is 13.3. The molecule has 1 N–H and O–H groups in total. The summed E-state index contributed by atoms with van der Waals surface area (Å²) in [6, 6.07) is 19.0. The number of benzene rings is 2. The lowest BCUT2D eigenvalue weighted by Crippen LogP contribution is -3.12. The van der Waals surface area contributed by atoms with Gasteiger partial charge >= 0.3 is 0 Å². The van der Waals surface area contributed by atoms with Crippen LogP contribution in [-0.2, 0) is 12.8 Å². The largest absolute Gasteiger partial charge is 1.00 e. The Morgan fingerprint density at radius 3 is 2.48 bits per heavy atom. The molecule has 2 unspecified atom stereocenters. The second kappa shape index (κ2) is 11.4. The summed E-state index contributed by atoms with van der Waals surface area (Å²) in [7, 11) is 0. The van der Waals surface area contributed by atoms with Gasteiger partial charge in [0.2, 0.25) is 0 Å². The molecule has 1 aliphatic heterocycles. The van der Waals surface area contributed by atoms with Crippen LogP contribution in [0.25, 0.3) is 10.8 Å². The monoisotopic (exact) mass is 439 g/mol. The molecule has 2 heterocycles. The highest BCUT2D eigenvalue weighted by Crippen LogP contribution is 2.20. The lowest BCUT2D eigenvalue weighted by molar-refractivity contribution is -0.899. The third kappa shape index (κ3) is 5.75. The van der Waals surface area contributed by atoms with Crippen LogP contribution in [0.15, 0.2) is 59.4 Å². The molecular formula is C26H34ClN3O. The number of fused-ring (bicyclic) bond motifs is 1. The predicted molar refractivity (Wildman–Crippen MR) is 123 cm³/mol. The third-order valence-electron chi connectivity index (χ3n) is 6.53. The Bertz CT molecular complexity index is 1020. The quantitative estimate of drug-likeness (QED) is 0.585. The Hall–Kier alpha value is -2.17. The maximum atomic E-state index is 13.3. The molecule has 0 amide bonds. The minimum Gasteiger partial charge on any atom is -1.00 e. The molecule has 1 aliphatic rings. The minimum absolute atomic E-state index is 0. The molecule has 0 aliphatic carbocycles. The van der Waals surface area contributed by atoms with Gasteiger partial charge in [0.15, 0.2) is 0 Å². The summed E-state index contributed by atoms with van der Waals surface area (Å²) in [4.78, 5) is 14.9. The molecule has 0 saturated carbocycles. The lowest BCUT2D eigenvalue weighted by Gasteiger charge is -2.19. The van der Waals surface area contributed by atoms with Gasteiger partial charge in [-0.3, -0.25) is 4.79 Å². The molecule has 2 atom stereocenters. The van der Waals surface area contributed by atoms with Crippen LogP contribution in [0.5, 0.6) is 0 Å². The number of nitrogens with one attached hydrogen (secondary N) is 1. The van der Waals surface area contributed by atoms with Crippen molar-refractivity contribution in [2.45, 2.75) is 57.9 Å². The second-order valence-corrected chi connectivity index (χ2v) is 8.67. The number of aromatic nitrogens is 2. The van der Waals surface area contributed by atoms with Crippen molar-refractivity contribution in [3.63, 3.8) is 0 Å². The van der Waals surface area contributed by atoms with Crippen LogP contribution in [0.3, 0.4) is 0 Å². The van der Waals surface area contributed by atoms with E-state index in [4.69, 9.17) is 5.10 Å². The van der Waals surface area contributed by atoms with E-state index in [0.29, 0.717) is 0 Å². The van der Waals surface area contributed by atoms with Crippen molar-refractivity contribution in [1.82, 2.24) is 9.78 Å². The average Bonchev–Trinajstić information content (AvgIpc) is 3.04. The Balaban J connectivity index is 0.00000272. The fourth-order valence-electron chi connectivity index (χ4n) is 4.74. The second-order valence-electron chi connectivity index (χ2n) is 8.67. The zero-order chi connectivity index (χ0) is 20.8. The third-order valence-corrected chi connectivity index (χ3v) is 6.53. The van der Waals surface area contributed by atoms with Gasteiger partial charge in [0.25, 0.3) is 5.56 Å². The number of aryl methyl sites for hydroxylation is 1. The van der Waals surface area contributed by atoms with E-state index in [0.717, 1.165) is 68.0 Å². The van der Waals surface area contributed by atoms with Crippen molar-refractivity contribution in [3.05, 3.63) is 76.2 Å². The molecule has 0 radical (unpaired) electrons. The van der Waals surface area contributed by atoms with Gasteiger partial charge in [0.05, 0.1) is 36.8 Å². The van der Waals surface area contributed by atoms with Gasteiger partial charge in [-0.15, -0.1) is 0 Å². The van der Waals surface area contributed by atoms with Gasteiger partial charge in [-0.1, -0.05) is 61.9 Å². The molecule has 5 heteroatoms. The minimum atomic E-state index is 0. The molecule has 0 bridgehead atoms. The standard InChI is InChI=1S/C26H33N3O.ClH/c1-2-3-15-25-23-13-7-8-14-24(23)26(30)29(27-25)22-12-9-18-28(20-17-22)19-16-21-10-5-4-6-11-21;/h4-8,10-11,13-14,22H,2-3,9,12,15-20H2,1H3;1H. The number of quaternary nitrogens is 1. The molecule has 3 aromatic rings. The molecule has 2 aromatic carbocycles. The summed E-state index contributed by atoms with van der Waals surface area (Å²) in [5.41, 5.74) is 2.59. The van der Waals surface area contributed by atoms with E-state index < -0.39 is 0 Å². The van der Waals surface area contributed by atoms with Crippen LogP contribution in [0.2, 0.25) is 0 Å². The Morgan fingerprint density at radius 1 is 0.968 bits per heavy atom. The first kappa shape index (κ1) is 23.5. The van der Waals surface area contributed by atoms with Crippen LogP contribution in [-0.4, -0.2) is 29.4 Å². The molecule has 1 aromatic heterocycles. The van der Waals surface area contributed by atoms with E-state index in [1.807, 2.05) is 22.9 Å². The highest BCUT2D eigenvalue weighted by Gasteiger charge is 2.23. The van der Waals surface area contributed by atoms with E-state index in [9.17, 15) is 4.79 Å². The highest BCUT2D eigenvalue weighted by molar-refractivity contribution is 5.83. The molecule has 31 heavy (non-hydrogen) atoms. The molecule has 1 saturated heterocycles. The van der Waals surface area contributed by atoms with Gasteiger partial charge in [-0.2, -0.15) is 5.10 Å². The van der Waals surface area contributed by atoms with Gasteiger partial charge in [-0.05, 0) is 37.3 Å². The summed E-state index contributed by atoms with van der Waals surface area (Å²) >= 11 is 0. The van der Waals surface area contributed by atoms with E-state index in [1.165, 1.54) is 18.7 Å². The lowest BCUT2D eigenvalue weighted by atomic mass is 10.1. The van der Waals surface area contributed by atoms with Crippen LogP contribution in [0, 0.1) is 0 Å². The number of hydrogen-bond acceptors (Lipinski definition) is 2. The van der Waals surface area contributed by atoms with Crippen molar-refractivity contribution in [2.75, 3.05) is 19.6 Å². The number of hydrogen-bond donors (Lipinski definition) is 1. The molecule has 0 spiro atoms. The maximum Gasteiger partial charge on any atom is 0.274 e. The van der Waals surface area contributed by atoms with Gasteiger partial charge in [0, 0.05) is 18.2 Å². The van der Waals surface area contributed by atoms with Gasteiger partial charge < -0.3 is 17.3 Å². The number of rotatable bonds is 7. The number of likely N-dealkylation sites (tertiary alicyclic amines) is 1. The number of unbranched alkanes of at least 4 members (excludes halogenated alkanes) is 1.